The number of benzene rings is 4. The molecule has 4 heterocycles. The fraction of sp³-hybridized carbons (Fsp3) is 0.348. The summed E-state index contributed by atoms with van der Waals surface area (Å²) in [6, 6.07) is 14.3. The van der Waals surface area contributed by atoms with E-state index in [1.807, 2.05) is 38.4 Å². The van der Waals surface area contributed by atoms with Crippen LogP contribution in [0.3, 0.4) is 0 Å². The second-order valence-corrected chi connectivity index (χ2v) is 15.2. The number of hydrogen-bond acceptors (Lipinski definition) is 15. The number of nitrogens with two attached hydrogens (primary N) is 2. The van der Waals surface area contributed by atoms with Gasteiger partial charge in [-0.3, -0.25) is 19.2 Å². The molecule has 66 heavy (non-hydrogen) atoms. The molecule has 2 amide bonds. The molecule has 0 aliphatic carbocycles. The Morgan fingerprint density at radius 3 is 1.48 bits per heavy atom. The van der Waals surface area contributed by atoms with E-state index in [1.165, 1.54) is 33.3 Å². The van der Waals surface area contributed by atoms with Gasteiger partial charge in [0.15, 0.2) is 34.5 Å². The maximum atomic E-state index is 13.2. The summed E-state index contributed by atoms with van der Waals surface area (Å²) in [4.78, 5) is 60.8. The number of imidazole rings is 2. The number of hydrogen-bond donors (Lipinski definition) is 3. The number of aryl methyl sites for hydroxylation is 2. The number of anilines is 2. The number of carbonyl (C=O) groups is 4. The van der Waals surface area contributed by atoms with Crippen molar-refractivity contribution in [3.05, 3.63) is 70.8 Å². The number of carbonyl (C=O) groups excluding carboxylic acids is 3. The maximum Gasteiger partial charge on any atom is 0.307 e. The van der Waals surface area contributed by atoms with Crippen LogP contribution in [0, 0.1) is 0 Å². The molecule has 8 rings (SSSR count). The van der Waals surface area contributed by atoms with Crippen LogP contribution in [-0.4, -0.2) is 119 Å². The van der Waals surface area contributed by atoms with E-state index in [1.54, 1.807) is 45.2 Å². The van der Waals surface area contributed by atoms with Crippen molar-refractivity contribution in [2.24, 2.45) is 14.1 Å². The lowest BCUT2D eigenvalue weighted by Gasteiger charge is -2.30. The monoisotopic (exact) mass is 908 g/mol. The van der Waals surface area contributed by atoms with Gasteiger partial charge in [-0.1, -0.05) is 12.1 Å². The minimum atomic E-state index is -0.952. The Morgan fingerprint density at radius 1 is 0.652 bits per heavy atom. The van der Waals surface area contributed by atoms with E-state index in [9.17, 15) is 19.2 Å². The highest BCUT2D eigenvalue weighted by Crippen LogP contribution is 2.48. The van der Waals surface area contributed by atoms with E-state index in [2.05, 4.69) is 9.97 Å². The van der Waals surface area contributed by atoms with Crippen molar-refractivity contribution in [2.45, 2.75) is 32.6 Å². The SMILES string of the molecule is CCOC(=O)CCN1CCc2c(cc(OC)c(Oc3cccc4c3nc(N)n4C)c2OC)C1=O.COc1cc2c(c(OC)c1Oc1cccc3c1nc(N)n3C)CCN(CCC(=O)O)C2=O. The van der Waals surface area contributed by atoms with Crippen LogP contribution in [0.5, 0.6) is 46.0 Å². The summed E-state index contributed by atoms with van der Waals surface area (Å²) in [7, 11) is 9.65. The van der Waals surface area contributed by atoms with Crippen LogP contribution in [0.15, 0.2) is 48.5 Å². The third kappa shape index (κ3) is 8.80. The average Bonchev–Trinajstić information content (AvgIpc) is 3.78. The van der Waals surface area contributed by atoms with Crippen molar-refractivity contribution in [2.75, 3.05) is 72.7 Å². The van der Waals surface area contributed by atoms with E-state index in [0.29, 0.717) is 118 Å². The van der Waals surface area contributed by atoms with Crippen LogP contribution < -0.4 is 39.9 Å². The number of carboxylic acid groups (broad SMARTS) is 1. The second kappa shape index (κ2) is 19.5. The van der Waals surface area contributed by atoms with Gasteiger partial charge in [-0.25, -0.2) is 9.97 Å². The predicted molar refractivity (Wildman–Crippen MR) is 242 cm³/mol. The summed E-state index contributed by atoms with van der Waals surface area (Å²) in [5.41, 5.74) is 17.0. The van der Waals surface area contributed by atoms with Crippen molar-refractivity contribution in [1.82, 2.24) is 28.9 Å². The molecule has 0 saturated carbocycles. The van der Waals surface area contributed by atoms with Gasteiger partial charge in [0, 0.05) is 51.4 Å². The Hall–Kier alpha value is -7.90. The average molecular weight is 909 g/mol. The van der Waals surface area contributed by atoms with Gasteiger partial charge in [-0.2, -0.15) is 0 Å². The molecule has 6 aromatic rings. The number of amides is 2. The molecule has 20 nitrogen and oxygen atoms in total. The number of methoxy groups -OCH3 is 4. The zero-order valence-electron chi connectivity index (χ0n) is 37.8. The normalized spacial score (nSPS) is 13.1. The summed E-state index contributed by atoms with van der Waals surface area (Å²) in [5.74, 6) is 2.09. The number of aromatic nitrogens is 4. The van der Waals surface area contributed by atoms with Crippen LogP contribution in [0.2, 0.25) is 0 Å². The number of nitrogen functional groups attached to an aromatic ring is 2. The smallest absolute Gasteiger partial charge is 0.307 e. The zero-order chi connectivity index (χ0) is 47.4. The van der Waals surface area contributed by atoms with Crippen molar-refractivity contribution < 1.29 is 57.4 Å². The first kappa shape index (κ1) is 46.1. The number of nitrogens with zero attached hydrogens (tertiary/aromatic N) is 6. The third-order valence-electron chi connectivity index (χ3n) is 11.5. The van der Waals surface area contributed by atoms with E-state index in [0.717, 1.165) is 16.6 Å². The van der Waals surface area contributed by atoms with Crippen molar-refractivity contribution in [3.8, 4) is 46.0 Å². The lowest BCUT2D eigenvalue weighted by molar-refractivity contribution is -0.143. The van der Waals surface area contributed by atoms with Crippen LogP contribution >= 0.6 is 0 Å². The standard InChI is InChI=1S/C24H28N4O6.C22H24N4O6/c1-5-33-19(29)10-12-28-11-9-14-15(23(28)30)13-18(31-3)22(21(14)32-4)34-17-8-6-7-16-20(17)26-24(25)27(16)2;1-25-14-5-4-6-15(18(14)24-22(25)23)32-20-16(30-2)11-13-12(19(20)31-3)7-9-26(21(13)29)10-8-17(27)28/h6-8,13H,5,9-12H2,1-4H3,(H2,25,26);4-6,11H,7-10H2,1-3H3,(H2,23,24)(H,27,28). The molecular formula is C46H52N8O12. The molecule has 348 valence electrons. The van der Waals surface area contributed by atoms with Gasteiger partial charge in [-0.15, -0.1) is 0 Å². The first-order valence-electron chi connectivity index (χ1n) is 21.0. The highest BCUT2D eigenvalue weighted by atomic mass is 16.5. The molecule has 0 atom stereocenters. The van der Waals surface area contributed by atoms with Gasteiger partial charge in [0.05, 0.1) is 70.0 Å². The minimum Gasteiger partial charge on any atom is -0.493 e. The number of carboxylic acids is 1. The lowest BCUT2D eigenvalue weighted by Crippen LogP contribution is -2.39. The molecule has 0 fully saturated rings. The number of aliphatic carboxylic acids is 1. The molecule has 4 aromatic carbocycles. The van der Waals surface area contributed by atoms with E-state index >= 15 is 0 Å². The summed E-state index contributed by atoms with van der Waals surface area (Å²) in [6.07, 6.45) is 1.05. The fourth-order valence-corrected chi connectivity index (χ4v) is 8.07. The zero-order valence-corrected chi connectivity index (χ0v) is 37.8. The van der Waals surface area contributed by atoms with Gasteiger partial charge in [0.25, 0.3) is 11.8 Å². The highest BCUT2D eigenvalue weighted by molar-refractivity contribution is 6.00. The van der Waals surface area contributed by atoms with Gasteiger partial charge in [0.1, 0.15) is 11.0 Å². The minimum absolute atomic E-state index is 0.117. The molecule has 0 bridgehead atoms. The molecular weight excluding hydrogens is 857 g/mol. The van der Waals surface area contributed by atoms with Gasteiger partial charge in [0.2, 0.25) is 23.4 Å². The van der Waals surface area contributed by atoms with Gasteiger partial charge < -0.3 is 68.7 Å². The number of ether oxygens (including phenoxy) is 7. The molecule has 0 radical (unpaired) electrons. The quantitative estimate of drug-likeness (QED) is 0.110. The molecule has 2 aliphatic rings. The van der Waals surface area contributed by atoms with E-state index in [-0.39, 0.29) is 43.7 Å². The molecule has 2 aromatic heterocycles. The Labute approximate surface area is 379 Å². The molecule has 0 saturated heterocycles. The van der Waals surface area contributed by atoms with Crippen LogP contribution in [0.25, 0.3) is 22.1 Å². The predicted octanol–water partition coefficient (Wildman–Crippen LogP) is 5.35. The summed E-state index contributed by atoms with van der Waals surface area (Å²) in [6.45, 7) is 3.31. The Bertz CT molecular complexity index is 2850. The maximum absolute atomic E-state index is 13.2. The van der Waals surface area contributed by atoms with Gasteiger partial charge in [-0.05, 0) is 56.2 Å². The molecule has 0 spiro atoms. The third-order valence-corrected chi connectivity index (χ3v) is 11.5. The summed E-state index contributed by atoms with van der Waals surface area (Å²) >= 11 is 0. The first-order valence-corrected chi connectivity index (χ1v) is 21.0. The topological polar surface area (TPSA) is 247 Å². The fourth-order valence-electron chi connectivity index (χ4n) is 8.07. The number of para-hydroxylation sites is 2. The summed E-state index contributed by atoms with van der Waals surface area (Å²) < 4.78 is 43.5. The van der Waals surface area contributed by atoms with Gasteiger partial charge >= 0.3 is 11.9 Å². The van der Waals surface area contributed by atoms with Crippen molar-refractivity contribution >= 4 is 57.7 Å². The molecule has 0 unspecified atom stereocenters. The molecule has 5 N–H and O–H groups in total. The Balaban J connectivity index is 0.000000197. The van der Waals surface area contributed by atoms with E-state index in [4.69, 9.17) is 49.7 Å². The van der Waals surface area contributed by atoms with Crippen LogP contribution in [0.1, 0.15) is 51.6 Å². The second-order valence-electron chi connectivity index (χ2n) is 15.2. The number of esters is 1. The van der Waals surface area contributed by atoms with Crippen molar-refractivity contribution in [1.29, 1.82) is 0 Å². The number of rotatable bonds is 15. The lowest BCUT2D eigenvalue weighted by atomic mass is 9.96. The van der Waals surface area contributed by atoms with Crippen molar-refractivity contribution in [3.63, 3.8) is 0 Å². The van der Waals surface area contributed by atoms with E-state index < -0.39 is 5.97 Å². The Morgan fingerprint density at radius 2 is 1.09 bits per heavy atom. The van der Waals surface area contributed by atoms with Crippen LogP contribution in [-0.2, 0) is 41.3 Å². The van der Waals surface area contributed by atoms with Crippen LogP contribution in [0.4, 0.5) is 11.9 Å². The molecule has 2 aliphatic heterocycles. The Kier molecular flexibility index (Phi) is 13.6. The number of fused-ring (bicyclic) bond motifs is 4. The summed E-state index contributed by atoms with van der Waals surface area (Å²) in [5, 5.41) is 8.95. The highest BCUT2D eigenvalue weighted by Gasteiger charge is 2.34. The molecule has 20 heteroatoms. The largest absolute Gasteiger partial charge is 0.493 e. The first-order chi connectivity index (χ1) is 31.7.